The molecule has 2 rings (SSSR count). The second-order valence-corrected chi connectivity index (χ2v) is 5.66. The first-order valence-electron chi connectivity index (χ1n) is 5.27. The summed E-state index contributed by atoms with van der Waals surface area (Å²) in [5, 5.41) is 6.91. The molecule has 0 unspecified atom stereocenters. The maximum absolute atomic E-state index is 11.5. The molecule has 1 heterocycles. The largest absolute Gasteiger partial charge is 0.497 e. The molecule has 0 aliphatic carbocycles. The average Bonchev–Trinajstić information content (AvgIpc) is 2.89. The Bertz CT molecular complexity index is 631. The van der Waals surface area contributed by atoms with E-state index in [1.54, 1.807) is 31.4 Å². The van der Waals surface area contributed by atoms with Crippen molar-refractivity contribution in [3.05, 3.63) is 24.3 Å². The standard InChI is InChI=1S/C11H12N2O4S/c1-3-18(14,15)11-13-12-10(17-11)8-4-6-9(16-2)7-5-8/h4-7H,3H2,1-2H3. The zero-order chi connectivity index (χ0) is 13.2. The molecule has 0 atom stereocenters. The van der Waals surface area contributed by atoms with E-state index in [1.807, 2.05) is 0 Å². The van der Waals surface area contributed by atoms with Crippen LogP contribution in [0.15, 0.2) is 33.9 Å². The summed E-state index contributed by atoms with van der Waals surface area (Å²) in [6.07, 6.45) is 0. The van der Waals surface area contributed by atoms with Crippen molar-refractivity contribution in [3.8, 4) is 17.2 Å². The van der Waals surface area contributed by atoms with Gasteiger partial charge in [0.05, 0.1) is 12.9 Å². The Labute approximate surface area is 105 Å². The van der Waals surface area contributed by atoms with Gasteiger partial charge in [0.2, 0.25) is 15.7 Å². The summed E-state index contributed by atoms with van der Waals surface area (Å²) in [5.74, 6) is 0.793. The molecule has 2 aromatic rings. The number of aromatic nitrogens is 2. The maximum atomic E-state index is 11.5. The van der Waals surface area contributed by atoms with Crippen LogP contribution in [0.5, 0.6) is 5.75 Å². The Kier molecular flexibility index (Phi) is 3.33. The highest BCUT2D eigenvalue weighted by atomic mass is 32.2. The highest BCUT2D eigenvalue weighted by molar-refractivity contribution is 7.91. The molecule has 7 heteroatoms. The van der Waals surface area contributed by atoms with Crippen molar-refractivity contribution in [1.82, 2.24) is 10.2 Å². The topological polar surface area (TPSA) is 82.3 Å². The molecule has 0 spiro atoms. The summed E-state index contributed by atoms with van der Waals surface area (Å²) in [6, 6.07) is 6.89. The van der Waals surface area contributed by atoms with Crippen LogP contribution in [0.25, 0.3) is 11.5 Å². The van der Waals surface area contributed by atoms with Crippen molar-refractivity contribution in [2.24, 2.45) is 0 Å². The summed E-state index contributed by atoms with van der Waals surface area (Å²) in [6.45, 7) is 1.52. The quantitative estimate of drug-likeness (QED) is 0.836. The molecule has 0 N–H and O–H groups in total. The van der Waals surface area contributed by atoms with Gasteiger partial charge in [0.25, 0.3) is 0 Å². The van der Waals surface area contributed by atoms with Gasteiger partial charge < -0.3 is 9.15 Å². The zero-order valence-electron chi connectivity index (χ0n) is 9.95. The molecule has 0 saturated carbocycles. The van der Waals surface area contributed by atoms with E-state index in [2.05, 4.69) is 10.2 Å². The first kappa shape index (κ1) is 12.6. The van der Waals surface area contributed by atoms with Crippen LogP contribution in [0.2, 0.25) is 0 Å². The number of hydrogen-bond acceptors (Lipinski definition) is 6. The summed E-state index contributed by atoms with van der Waals surface area (Å²) < 4.78 is 33.2. The molecule has 0 fully saturated rings. The molecule has 1 aromatic heterocycles. The van der Waals surface area contributed by atoms with Gasteiger partial charge in [-0.3, -0.25) is 0 Å². The van der Waals surface area contributed by atoms with Gasteiger partial charge in [-0.05, 0) is 24.3 Å². The second kappa shape index (κ2) is 4.77. The van der Waals surface area contributed by atoms with Gasteiger partial charge >= 0.3 is 5.22 Å². The first-order chi connectivity index (χ1) is 8.56. The lowest BCUT2D eigenvalue weighted by Gasteiger charge is -1.99. The fraction of sp³-hybridized carbons (Fsp3) is 0.273. The number of sulfone groups is 1. The number of rotatable bonds is 4. The Morgan fingerprint density at radius 1 is 1.22 bits per heavy atom. The van der Waals surface area contributed by atoms with E-state index < -0.39 is 9.84 Å². The van der Waals surface area contributed by atoms with Gasteiger partial charge in [0.15, 0.2) is 0 Å². The Balaban J connectivity index is 2.35. The van der Waals surface area contributed by atoms with Crippen LogP contribution in [0.4, 0.5) is 0 Å². The number of ether oxygens (including phenoxy) is 1. The van der Waals surface area contributed by atoms with Crippen molar-refractivity contribution in [2.75, 3.05) is 12.9 Å². The normalized spacial score (nSPS) is 11.4. The molecule has 0 amide bonds. The van der Waals surface area contributed by atoms with E-state index in [-0.39, 0.29) is 16.9 Å². The minimum atomic E-state index is -3.46. The van der Waals surface area contributed by atoms with E-state index in [9.17, 15) is 8.42 Å². The van der Waals surface area contributed by atoms with Gasteiger partial charge in [-0.2, -0.15) is 0 Å². The van der Waals surface area contributed by atoms with E-state index in [0.29, 0.717) is 11.3 Å². The third kappa shape index (κ3) is 2.35. The highest BCUT2D eigenvalue weighted by Crippen LogP contribution is 2.22. The first-order valence-corrected chi connectivity index (χ1v) is 6.92. The van der Waals surface area contributed by atoms with Crippen LogP contribution in [0.1, 0.15) is 6.92 Å². The summed E-state index contributed by atoms with van der Waals surface area (Å²) >= 11 is 0. The SMILES string of the molecule is CCS(=O)(=O)c1nnc(-c2ccc(OC)cc2)o1. The predicted octanol–water partition coefficient (Wildman–Crippen LogP) is 1.54. The van der Waals surface area contributed by atoms with Crippen LogP contribution >= 0.6 is 0 Å². The van der Waals surface area contributed by atoms with Gasteiger partial charge in [0, 0.05) is 5.56 Å². The van der Waals surface area contributed by atoms with Gasteiger partial charge in [0.1, 0.15) is 5.75 Å². The molecule has 0 radical (unpaired) electrons. The summed E-state index contributed by atoms with van der Waals surface area (Å²) in [4.78, 5) is 0. The van der Waals surface area contributed by atoms with Gasteiger partial charge in [-0.1, -0.05) is 12.0 Å². The average molecular weight is 268 g/mol. The molecule has 0 bridgehead atoms. The Morgan fingerprint density at radius 3 is 2.44 bits per heavy atom. The highest BCUT2D eigenvalue weighted by Gasteiger charge is 2.20. The lowest BCUT2D eigenvalue weighted by atomic mass is 10.2. The molecule has 0 aliphatic heterocycles. The molecular weight excluding hydrogens is 256 g/mol. The fourth-order valence-electron chi connectivity index (χ4n) is 1.31. The molecule has 96 valence electrons. The number of methoxy groups -OCH3 is 1. The number of nitrogens with zero attached hydrogens (tertiary/aromatic N) is 2. The second-order valence-electron chi connectivity index (χ2n) is 3.51. The van der Waals surface area contributed by atoms with Crippen molar-refractivity contribution >= 4 is 9.84 Å². The van der Waals surface area contributed by atoms with E-state index in [4.69, 9.17) is 9.15 Å². The van der Waals surface area contributed by atoms with Gasteiger partial charge in [-0.15, -0.1) is 5.10 Å². The summed E-state index contributed by atoms with van der Waals surface area (Å²) in [7, 11) is -1.90. The summed E-state index contributed by atoms with van der Waals surface area (Å²) in [5.41, 5.74) is 0.640. The monoisotopic (exact) mass is 268 g/mol. The van der Waals surface area contributed by atoms with E-state index >= 15 is 0 Å². The molecule has 18 heavy (non-hydrogen) atoms. The molecular formula is C11H12N2O4S. The van der Waals surface area contributed by atoms with E-state index in [0.717, 1.165) is 0 Å². The molecule has 1 aromatic carbocycles. The lowest BCUT2D eigenvalue weighted by Crippen LogP contribution is -2.03. The number of benzene rings is 1. The van der Waals surface area contributed by atoms with Crippen LogP contribution in [-0.4, -0.2) is 31.5 Å². The molecule has 6 nitrogen and oxygen atoms in total. The fourth-order valence-corrected chi connectivity index (χ4v) is 1.93. The number of hydrogen-bond donors (Lipinski definition) is 0. The molecule has 0 aliphatic rings. The maximum Gasteiger partial charge on any atom is 0.335 e. The van der Waals surface area contributed by atoms with Crippen molar-refractivity contribution in [2.45, 2.75) is 12.1 Å². The Morgan fingerprint density at radius 2 is 1.89 bits per heavy atom. The predicted molar refractivity (Wildman–Crippen MR) is 64.0 cm³/mol. The Hall–Kier alpha value is -1.89. The smallest absolute Gasteiger partial charge is 0.335 e. The van der Waals surface area contributed by atoms with Crippen LogP contribution in [0.3, 0.4) is 0 Å². The van der Waals surface area contributed by atoms with Crippen molar-refractivity contribution in [1.29, 1.82) is 0 Å². The van der Waals surface area contributed by atoms with E-state index in [1.165, 1.54) is 6.92 Å². The molecule has 0 saturated heterocycles. The third-order valence-corrected chi connectivity index (χ3v) is 3.85. The minimum Gasteiger partial charge on any atom is -0.497 e. The van der Waals surface area contributed by atoms with Crippen molar-refractivity contribution < 1.29 is 17.6 Å². The minimum absolute atomic E-state index is 0.0722. The zero-order valence-corrected chi connectivity index (χ0v) is 10.8. The van der Waals surface area contributed by atoms with Crippen molar-refractivity contribution in [3.63, 3.8) is 0 Å². The van der Waals surface area contributed by atoms with Crippen LogP contribution < -0.4 is 4.74 Å². The van der Waals surface area contributed by atoms with Crippen LogP contribution in [-0.2, 0) is 9.84 Å². The lowest BCUT2D eigenvalue weighted by molar-refractivity contribution is 0.414. The third-order valence-electron chi connectivity index (χ3n) is 2.39. The van der Waals surface area contributed by atoms with Crippen LogP contribution in [0, 0.1) is 0 Å². The van der Waals surface area contributed by atoms with Gasteiger partial charge in [-0.25, -0.2) is 8.42 Å².